The van der Waals surface area contributed by atoms with E-state index in [1.807, 2.05) is 24.3 Å². The molecule has 1 amide bonds. The highest BCUT2D eigenvalue weighted by Crippen LogP contribution is 2.33. The van der Waals surface area contributed by atoms with Crippen molar-refractivity contribution >= 4 is 16.9 Å². The summed E-state index contributed by atoms with van der Waals surface area (Å²) in [5.74, 6) is 0.697. The van der Waals surface area contributed by atoms with Gasteiger partial charge in [0, 0.05) is 30.3 Å². The highest BCUT2D eigenvalue weighted by Gasteiger charge is 2.19. The average Bonchev–Trinajstić information content (AvgIpc) is 3.10. The minimum atomic E-state index is -0.124. The van der Waals surface area contributed by atoms with E-state index in [1.165, 1.54) is 5.56 Å². The van der Waals surface area contributed by atoms with E-state index >= 15 is 0 Å². The van der Waals surface area contributed by atoms with Gasteiger partial charge in [-0.05, 0) is 50.6 Å². The fraction of sp³-hybridized carbons (Fsp3) is 0.217. The number of hydrogen-bond donors (Lipinski definition) is 1. The molecule has 0 aliphatic carbocycles. The molecular weight excluding hydrogens is 362 g/mol. The topological polar surface area (TPSA) is 72.7 Å². The molecule has 0 bridgehead atoms. The summed E-state index contributed by atoms with van der Waals surface area (Å²) in [5.41, 5.74) is 7.49. The molecule has 0 saturated heterocycles. The van der Waals surface area contributed by atoms with E-state index in [4.69, 9.17) is 4.98 Å². The molecule has 0 aliphatic rings. The number of benzene rings is 2. The highest BCUT2D eigenvalue weighted by molar-refractivity contribution is 5.98. The van der Waals surface area contributed by atoms with Gasteiger partial charge < -0.3 is 9.88 Å². The van der Waals surface area contributed by atoms with Gasteiger partial charge in [0.25, 0.3) is 5.91 Å². The zero-order valence-electron chi connectivity index (χ0n) is 17.0. The van der Waals surface area contributed by atoms with Crippen LogP contribution >= 0.6 is 0 Å². The van der Waals surface area contributed by atoms with Crippen LogP contribution in [0, 0.1) is 13.8 Å². The minimum absolute atomic E-state index is 0.124. The Labute approximate surface area is 169 Å². The van der Waals surface area contributed by atoms with Crippen LogP contribution in [0.25, 0.3) is 33.7 Å². The van der Waals surface area contributed by atoms with Crippen molar-refractivity contribution in [3.63, 3.8) is 0 Å². The lowest BCUT2D eigenvalue weighted by atomic mass is 9.99. The first-order valence-electron chi connectivity index (χ1n) is 9.65. The Kier molecular flexibility index (Phi) is 4.84. The first-order chi connectivity index (χ1) is 14.0. The average molecular weight is 385 g/mol. The molecule has 6 heteroatoms. The molecule has 1 N–H and O–H groups in total. The summed E-state index contributed by atoms with van der Waals surface area (Å²) in [5, 5.41) is 11.2. The molecule has 0 unspecified atom stereocenters. The third-order valence-electron chi connectivity index (χ3n) is 5.15. The smallest absolute Gasteiger partial charge is 0.251 e. The Bertz CT molecular complexity index is 1230. The van der Waals surface area contributed by atoms with Gasteiger partial charge in [-0.15, -0.1) is 5.10 Å². The molecule has 29 heavy (non-hydrogen) atoms. The zero-order valence-corrected chi connectivity index (χ0v) is 17.0. The van der Waals surface area contributed by atoms with E-state index in [-0.39, 0.29) is 5.91 Å². The third kappa shape index (κ3) is 3.27. The number of carbonyl (C=O) groups excluding carboxylic acids is 1. The molecule has 4 aromatic rings. The van der Waals surface area contributed by atoms with Crippen molar-refractivity contribution < 1.29 is 4.79 Å². The van der Waals surface area contributed by atoms with Gasteiger partial charge in [0.2, 0.25) is 0 Å². The number of rotatable bonds is 4. The van der Waals surface area contributed by atoms with E-state index in [0.717, 1.165) is 45.8 Å². The minimum Gasteiger partial charge on any atom is -0.355 e. The first kappa shape index (κ1) is 18.8. The van der Waals surface area contributed by atoms with Gasteiger partial charge in [-0.25, -0.2) is 4.98 Å². The number of aryl methyl sites for hydroxylation is 3. The van der Waals surface area contributed by atoms with Crippen molar-refractivity contribution in [1.29, 1.82) is 0 Å². The molecule has 0 fully saturated rings. The lowest BCUT2D eigenvalue weighted by Crippen LogP contribution is -2.17. The maximum Gasteiger partial charge on any atom is 0.251 e. The summed E-state index contributed by atoms with van der Waals surface area (Å²) in [6.45, 7) is 7.00. The Morgan fingerprint density at radius 1 is 1.07 bits per heavy atom. The van der Waals surface area contributed by atoms with Gasteiger partial charge in [-0.3, -0.25) is 4.79 Å². The van der Waals surface area contributed by atoms with Crippen LogP contribution in [-0.4, -0.2) is 32.7 Å². The second kappa shape index (κ2) is 7.47. The summed E-state index contributed by atoms with van der Waals surface area (Å²) in [4.78, 5) is 16.9. The van der Waals surface area contributed by atoms with Crippen molar-refractivity contribution in [3.8, 4) is 22.6 Å². The number of hydrogen-bond acceptors (Lipinski definition) is 4. The number of carbonyl (C=O) groups is 1. The van der Waals surface area contributed by atoms with Gasteiger partial charge in [0.1, 0.15) is 11.5 Å². The largest absolute Gasteiger partial charge is 0.355 e. The number of aromatic nitrogens is 4. The summed E-state index contributed by atoms with van der Waals surface area (Å²) in [7, 11) is 1.63. The van der Waals surface area contributed by atoms with Crippen LogP contribution in [-0.2, 0) is 6.54 Å². The van der Waals surface area contributed by atoms with Gasteiger partial charge in [-0.2, -0.15) is 5.10 Å². The third-order valence-corrected chi connectivity index (χ3v) is 5.15. The number of amides is 1. The number of nitrogens with zero attached hydrogens (tertiary/aromatic N) is 4. The van der Waals surface area contributed by atoms with Crippen LogP contribution in [0.4, 0.5) is 0 Å². The van der Waals surface area contributed by atoms with Crippen LogP contribution in [0.1, 0.15) is 28.4 Å². The van der Waals surface area contributed by atoms with Gasteiger partial charge in [-0.1, -0.05) is 23.8 Å². The maximum atomic E-state index is 12.0. The number of imidazole rings is 1. The molecular formula is C23H23N5O. The van der Waals surface area contributed by atoms with Crippen LogP contribution in [0.2, 0.25) is 0 Å². The quantitative estimate of drug-likeness (QED) is 0.573. The standard InChI is InChI=1S/C23H23N5O/c1-5-28-20-9-7-16(23(29)24-4)13-19(20)26-22(28)18-10-11-25-27-21(18)17-8-6-14(2)12-15(17)3/h6-13H,5H2,1-4H3,(H,24,29). The van der Waals surface area contributed by atoms with Gasteiger partial charge in [0.05, 0.1) is 17.2 Å². The molecule has 2 heterocycles. The predicted molar refractivity (Wildman–Crippen MR) is 115 cm³/mol. The molecule has 2 aromatic heterocycles. The van der Waals surface area contributed by atoms with Crippen LogP contribution in [0.15, 0.2) is 48.7 Å². The second-order valence-electron chi connectivity index (χ2n) is 7.07. The normalized spacial score (nSPS) is 11.0. The van der Waals surface area contributed by atoms with Gasteiger partial charge >= 0.3 is 0 Å². The number of nitrogens with one attached hydrogen (secondary N) is 1. The first-order valence-corrected chi connectivity index (χ1v) is 9.65. The lowest BCUT2D eigenvalue weighted by Gasteiger charge is -2.12. The van der Waals surface area contributed by atoms with E-state index in [1.54, 1.807) is 13.2 Å². The highest BCUT2D eigenvalue weighted by atomic mass is 16.1. The summed E-state index contributed by atoms with van der Waals surface area (Å²) >= 11 is 0. The Morgan fingerprint density at radius 2 is 1.90 bits per heavy atom. The van der Waals surface area contributed by atoms with Crippen LogP contribution < -0.4 is 5.32 Å². The Hall–Kier alpha value is -3.54. The Balaban J connectivity index is 1.94. The molecule has 2 aromatic carbocycles. The Morgan fingerprint density at radius 3 is 2.62 bits per heavy atom. The fourth-order valence-electron chi connectivity index (χ4n) is 3.73. The van der Waals surface area contributed by atoms with Crippen molar-refractivity contribution in [1.82, 2.24) is 25.1 Å². The molecule has 0 atom stereocenters. The summed E-state index contributed by atoms with van der Waals surface area (Å²) in [6, 6.07) is 13.9. The van der Waals surface area contributed by atoms with E-state index in [0.29, 0.717) is 5.56 Å². The van der Waals surface area contributed by atoms with Crippen molar-refractivity contribution in [2.24, 2.45) is 0 Å². The van der Waals surface area contributed by atoms with E-state index < -0.39 is 0 Å². The molecule has 146 valence electrons. The summed E-state index contributed by atoms with van der Waals surface area (Å²) in [6.07, 6.45) is 1.69. The van der Waals surface area contributed by atoms with Crippen molar-refractivity contribution in [2.75, 3.05) is 7.05 Å². The molecule has 6 nitrogen and oxygen atoms in total. The monoisotopic (exact) mass is 385 g/mol. The molecule has 4 rings (SSSR count). The van der Waals surface area contributed by atoms with Crippen LogP contribution in [0.3, 0.4) is 0 Å². The number of fused-ring (bicyclic) bond motifs is 1. The molecule has 0 spiro atoms. The van der Waals surface area contributed by atoms with E-state index in [2.05, 4.69) is 59.1 Å². The second-order valence-corrected chi connectivity index (χ2v) is 7.07. The maximum absolute atomic E-state index is 12.0. The zero-order chi connectivity index (χ0) is 20.5. The van der Waals surface area contributed by atoms with Crippen molar-refractivity contribution in [3.05, 3.63) is 65.4 Å². The molecule has 0 saturated carbocycles. The van der Waals surface area contributed by atoms with Crippen LogP contribution in [0.5, 0.6) is 0 Å². The lowest BCUT2D eigenvalue weighted by molar-refractivity contribution is 0.0963. The van der Waals surface area contributed by atoms with Crippen molar-refractivity contribution in [2.45, 2.75) is 27.3 Å². The SMILES string of the molecule is CCn1c(-c2ccnnc2-c2ccc(C)cc2C)nc2cc(C(=O)NC)ccc21. The summed E-state index contributed by atoms with van der Waals surface area (Å²) < 4.78 is 2.15. The fourth-order valence-corrected chi connectivity index (χ4v) is 3.73. The molecule has 0 aliphatic heterocycles. The van der Waals surface area contributed by atoms with E-state index in [9.17, 15) is 4.79 Å². The molecule has 0 radical (unpaired) electrons. The predicted octanol–water partition coefficient (Wildman–Crippen LogP) is 4.16. The van der Waals surface area contributed by atoms with Gasteiger partial charge in [0.15, 0.2) is 0 Å².